The van der Waals surface area contributed by atoms with E-state index in [2.05, 4.69) is 0 Å². The van der Waals surface area contributed by atoms with Gasteiger partial charge in [0.05, 0.1) is 11.3 Å². The third-order valence-electron chi connectivity index (χ3n) is 3.46. The molecule has 0 amide bonds. The highest BCUT2D eigenvalue weighted by Gasteiger charge is 2.30. The maximum absolute atomic E-state index is 12.6. The molecule has 0 unspecified atom stereocenters. The van der Waals surface area contributed by atoms with Crippen LogP contribution < -0.4 is 4.18 Å². The van der Waals surface area contributed by atoms with E-state index in [1.165, 1.54) is 36.4 Å². The summed E-state index contributed by atoms with van der Waals surface area (Å²) in [7, 11) is -4.23. The summed E-state index contributed by atoms with van der Waals surface area (Å²) in [6, 6.07) is 9.74. The number of rotatable bonds is 6. The van der Waals surface area contributed by atoms with E-state index >= 15 is 0 Å². The van der Waals surface area contributed by atoms with Gasteiger partial charge < -0.3 is 4.18 Å². The van der Waals surface area contributed by atoms with Gasteiger partial charge in [0.25, 0.3) is 0 Å². The Morgan fingerprint density at radius 2 is 1.48 bits per heavy atom. The maximum atomic E-state index is 12.6. The van der Waals surface area contributed by atoms with E-state index in [0.717, 1.165) is 12.1 Å². The molecular formula is C17H14F6O3S. The van der Waals surface area contributed by atoms with E-state index in [0.29, 0.717) is 11.1 Å². The van der Waals surface area contributed by atoms with Crippen molar-refractivity contribution >= 4 is 10.1 Å². The minimum atomic E-state index is -4.48. The predicted octanol–water partition coefficient (Wildman–Crippen LogP) is 5.42. The Morgan fingerprint density at radius 3 is 2.04 bits per heavy atom. The second kappa shape index (κ2) is 7.79. The van der Waals surface area contributed by atoms with Crippen LogP contribution in [0.3, 0.4) is 0 Å². The van der Waals surface area contributed by atoms with Crippen LogP contribution in [0.15, 0.2) is 48.5 Å². The molecule has 10 heteroatoms. The molecule has 2 rings (SSSR count). The zero-order chi connectivity index (χ0) is 20.3. The average Bonchev–Trinajstić information content (AvgIpc) is 2.52. The van der Waals surface area contributed by atoms with Gasteiger partial charge in [-0.3, -0.25) is 0 Å². The van der Waals surface area contributed by atoms with Gasteiger partial charge in [-0.25, -0.2) is 0 Å². The molecule has 148 valence electrons. The molecule has 0 aliphatic carbocycles. The molecule has 0 N–H and O–H groups in total. The topological polar surface area (TPSA) is 43.4 Å². The highest BCUT2D eigenvalue weighted by Crippen LogP contribution is 2.32. The van der Waals surface area contributed by atoms with Crippen LogP contribution in [-0.2, 0) is 16.3 Å². The molecule has 0 aliphatic heterocycles. The quantitative estimate of drug-likeness (QED) is 0.470. The summed E-state index contributed by atoms with van der Waals surface area (Å²) < 4.78 is 102. The molecule has 0 bridgehead atoms. The fourth-order valence-corrected chi connectivity index (χ4v) is 3.19. The van der Waals surface area contributed by atoms with Crippen molar-refractivity contribution in [1.29, 1.82) is 0 Å². The molecule has 2 aromatic rings. The van der Waals surface area contributed by atoms with E-state index in [1.807, 2.05) is 0 Å². The Bertz CT molecular complexity index is 871. The second-order valence-electron chi connectivity index (χ2n) is 5.67. The predicted molar refractivity (Wildman–Crippen MR) is 86.6 cm³/mol. The lowest BCUT2D eigenvalue weighted by molar-refractivity contribution is -0.137. The lowest BCUT2D eigenvalue weighted by Gasteiger charge is -2.10. The molecular weight excluding hydrogens is 398 g/mol. The first kappa shape index (κ1) is 21.1. The largest absolute Gasteiger partial charge is 0.416 e. The molecule has 2 aromatic carbocycles. The van der Waals surface area contributed by atoms with Gasteiger partial charge in [0.2, 0.25) is 0 Å². The summed E-state index contributed by atoms with van der Waals surface area (Å²) in [6.07, 6.45) is -10.8. The number of alkyl halides is 6. The molecule has 0 saturated heterocycles. The Kier molecular flexibility index (Phi) is 6.08. The van der Waals surface area contributed by atoms with Crippen molar-refractivity contribution in [2.45, 2.75) is 25.2 Å². The van der Waals surface area contributed by atoms with Crippen LogP contribution in [0.2, 0.25) is 0 Å². The third kappa shape index (κ3) is 6.78. The number of hydrogen-bond donors (Lipinski definition) is 0. The SMILES string of the molecule is O=S(=O)(CCCC(F)(F)F)Oc1cccc(-c2ccc(C(F)(F)F)cc2)c1. The van der Waals surface area contributed by atoms with Crippen molar-refractivity contribution in [3.05, 3.63) is 54.1 Å². The minimum Gasteiger partial charge on any atom is -0.382 e. The van der Waals surface area contributed by atoms with Gasteiger partial charge in [-0.05, 0) is 41.8 Å². The maximum Gasteiger partial charge on any atom is 0.416 e. The molecule has 3 nitrogen and oxygen atoms in total. The lowest BCUT2D eigenvalue weighted by Crippen LogP contribution is -2.16. The highest BCUT2D eigenvalue weighted by molar-refractivity contribution is 7.87. The smallest absolute Gasteiger partial charge is 0.382 e. The van der Waals surface area contributed by atoms with Gasteiger partial charge >= 0.3 is 22.5 Å². The van der Waals surface area contributed by atoms with Crippen molar-refractivity contribution in [3.63, 3.8) is 0 Å². The lowest BCUT2D eigenvalue weighted by atomic mass is 10.0. The van der Waals surface area contributed by atoms with Crippen LogP contribution in [0.1, 0.15) is 18.4 Å². The number of benzene rings is 2. The first-order valence-corrected chi connectivity index (χ1v) is 9.20. The fraction of sp³-hybridized carbons (Fsp3) is 0.294. The standard InChI is InChI=1S/C17H14F6O3S/c18-16(19,20)9-2-10-27(24,25)26-15-4-1-3-13(11-15)12-5-7-14(8-6-12)17(21,22)23/h1,3-8,11H,2,9-10H2. The zero-order valence-electron chi connectivity index (χ0n) is 13.6. The van der Waals surface area contributed by atoms with Crippen LogP contribution in [0.5, 0.6) is 5.75 Å². The van der Waals surface area contributed by atoms with Gasteiger partial charge in [0, 0.05) is 6.42 Å². The molecule has 0 atom stereocenters. The van der Waals surface area contributed by atoms with Crippen molar-refractivity contribution < 1.29 is 38.9 Å². The minimum absolute atomic E-state index is 0.139. The zero-order valence-corrected chi connectivity index (χ0v) is 14.5. The van der Waals surface area contributed by atoms with Crippen LogP contribution in [0.4, 0.5) is 26.3 Å². The normalized spacial score (nSPS) is 12.8. The van der Waals surface area contributed by atoms with E-state index in [1.54, 1.807) is 0 Å². The molecule has 0 spiro atoms. The number of hydrogen-bond acceptors (Lipinski definition) is 3. The first-order valence-electron chi connectivity index (χ1n) is 7.62. The van der Waals surface area contributed by atoms with Crippen LogP contribution in [0.25, 0.3) is 11.1 Å². The Hall–Kier alpha value is -2.23. The van der Waals surface area contributed by atoms with E-state index in [-0.39, 0.29) is 5.75 Å². The molecule has 0 fully saturated rings. The highest BCUT2D eigenvalue weighted by atomic mass is 32.2. The monoisotopic (exact) mass is 412 g/mol. The van der Waals surface area contributed by atoms with E-state index in [4.69, 9.17) is 4.18 Å². The summed E-state index contributed by atoms with van der Waals surface area (Å²) in [4.78, 5) is 0. The van der Waals surface area contributed by atoms with Gasteiger partial charge in [-0.15, -0.1) is 0 Å². The molecule has 27 heavy (non-hydrogen) atoms. The summed E-state index contributed by atoms with van der Waals surface area (Å²) >= 11 is 0. The second-order valence-corrected chi connectivity index (χ2v) is 7.36. The Balaban J connectivity index is 2.11. The van der Waals surface area contributed by atoms with Crippen LogP contribution >= 0.6 is 0 Å². The van der Waals surface area contributed by atoms with Crippen molar-refractivity contribution in [1.82, 2.24) is 0 Å². The van der Waals surface area contributed by atoms with Gasteiger partial charge in [0.1, 0.15) is 5.75 Å². The molecule has 0 heterocycles. The fourth-order valence-electron chi connectivity index (χ4n) is 2.22. The van der Waals surface area contributed by atoms with Crippen LogP contribution in [0, 0.1) is 0 Å². The summed E-state index contributed by atoms with van der Waals surface area (Å²) in [6.45, 7) is 0. The molecule has 0 radical (unpaired) electrons. The van der Waals surface area contributed by atoms with Crippen molar-refractivity contribution in [2.24, 2.45) is 0 Å². The third-order valence-corrected chi connectivity index (χ3v) is 4.69. The molecule has 0 aliphatic rings. The first-order chi connectivity index (χ1) is 12.4. The average molecular weight is 412 g/mol. The number of halogens is 6. The van der Waals surface area contributed by atoms with E-state index < -0.39 is 46.6 Å². The summed E-state index contributed by atoms with van der Waals surface area (Å²) in [5.74, 6) is -0.948. The van der Waals surface area contributed by atoms with Gasteiger partial charge in [0.15, 0.2) is 0 Å². The Morgan fingerprint density at radius 1 is 0.852 bits per heavy atom. The van der Waals surface area contributed by atoms with Crippen molar-refractivity contribution in [2.75, 3.05) is 5.75 Å². The Labute approximate surface area is 151 Å². The summed E-state index contributed by atoms with van der Waals surface area (Å²) in [5, 5.41) is 0. The molecule has 0 aromatic heterocycles. The van der Waals surface area contributed by atoms with Crippen molar-refractivity contribution in [3.8, 4) is 16.9 Å². The van der Waals surface area contributed by atoms with Gasteiger partial charge in [-0.1, -0.05) is 24.3 Å². The van der Waals surface area contributed by atoms with E-state index in [9.17, 15) is 34.8 Å². The van der Waals surface area contributed by atoms with Crippen LogP contribution in [-0.4, -0.2) is 20.3 Å². The molecule has 0 saturated carbocycles. The van der Waals surface area contributed by atoms with Gasteiger partial charge in [-0.2, -0.15) is 34.8 Å². The summed E-state index contributed by atoms with van der Waals surface area (Å²) in [5.41, 5.74) is -0.0412.